The number of thiazole rings is 1. The Kier molecular flexibility index (Phi) is 4.87. The Labute approximate surface area is 149 Å². The molecule has 1 fully saturated rings. The molecule has 1 aliphatic heterocycles. The summed E-state index contributed by atoms with van der Waals surface area (Å²) >= 11 is 7.42. The first-order valence-electron chi connectivity index (χ1n) is 7.70. The van der Waals surface area contributed by atoms with E-state index < -0.39 is 0 Å². The third kappa shape index (κ3) is 3.76. The fourth-order valence-electron chi connectivity index (χ4n) is 2.84. The highest BCUT2D eigenvalue weighted by Crippen LogP contribution is 2.24. The SMILES string of the molecule is Cc1nc(C)c(CC(=O)NC2CC(=O)N(c3ccc(Cl)cc3)C2)s1. The summed E-state index contributed by atoms with van der Waals surface area (Å²) in [5, 5.41) is 4.55. The largest absolute Gasteiger partial charge is 0.351 e. The van der Waals surface area contributed by atoms with Crippen LogP contribution >= 0.6 is 22.9 Å². The molecular formula is C17H18ClN3O2S. The van der Waals surface area contributed by atoms with Gasteiger partial charge in [0.1, 0.15) is 0 Å². The first-order chi connectivity index (χ1) is 11.4. The van der Waals surface area contributed by atoms with Crippen LogP contribution < -0.4 is 10.2 Å². The summed E-state index contributed by atoms with van der Waals surface area (Å²) in [6.45, 7) is 4.32. The van der Waals surface area contributed by atoms with Crippen molar-refractivity contribution in [3.05, 3.63) is 44.9 Å². The van der Waals surface area contributed by atoms with Gasteiger partial charge in [-0.05, 0) is 38.1 Å². The smallest absolute Gasteiger partial charge is 0.229 e. The van der Waals surface area contributed by atoms with E-state index in [0.29, 0.717) is 24.4 Å². The van der Waals surface area contributed by atoms with Crippen LogP contribution in [0.5, 0.6) is 0 Å². The molecule has 1 N–H and O–H groups in total. The van der Waals surface area contributed by atoms with E-state index in [2.05, 4.69) is 10.3 Å². The highest BCUT2D eigenvalue weighted by molar-refractivity contribution is 7.11. The Morgan fingerprint density at radius 3 is 2.71 bits per heavy atom. The Balaban J connectivity index is 1.60. The molecular weight excluding hydrogens is 346 g/mol. The van der Waals surface area contributed by atoms with Gasteiger partial charge in [-0.3, -0.25) is 9.59 Å². The highest BCUT2D eigenvalue weighted by Gasteiger charge is 2.31. The summed E-state index contributed by atoms with van der Waals surface area (Å²) < 4.78 is 0. The van der Waals surface area contributed by atoms with Gasteiger partial charge in [-0.1, -0.05) is 11.6 Å². The zero-order valence-electron chi connectivity index (χ0n) is 13.5. The summed E-state index contributed by atoms with van der Waals surface area (Å²) in [5.41, 5.74) is 1.70. The van der Waals surface area contributed by atoms with E-state index in [0.717, 1.165) is 21.3 Å². The van der Waals surface area contributed by atoms with Gasteiger partial charge in [0.05, 0.1) is 23.2 Å². The van der Waals surface area contributed by atoms with Crippen molar-refractivity contribution in [3.8, 4) is 0 Å². The molecule has 0 saturated carbocycles. The Morgan fingerprint density at radius 2 is 2.08 bits per heavy atom. The fraction of sp³-hybridized carbons (Fsp3) is 0.353. The van der Waals surface area contributed by atoms with E-state index in [1.165, 1.54) is 11.3 Å². The van der Waals surface area contributed by atoms with E-state index >= 15 is 0 Å². The second kappa shape index (κ2) is 6.91. The molecule has 126 valence electrons. The predicted molar refractivity (Wildman–Crippen MR) is 95.6 cm³/mol. The van der Waals surface area contributed by atoms with Crippen molar-refractivity contribution in [1.82, 2.24) is 10.3 Å². The van der Waals surface area contributed by atoms with Gasteiger partial charge >= 0.3 is 0 Å². The fourth-order valence-corrected chi connectivity index (χ4v) is 3.90. The quantitative estimate of drug-likeness (QED) is 0.908. The molecule has 1 aromatic carbocycles. The molecule has 3 rings (SSSR count). The van der Waals surface area contributed by atoms with Crippen LogP contribution in [0, 0.1) is 13.8 Å². The average Bonchev–Trinajstić information content (AvgIpc) is 3.02. The van der Waals surface area contributed by atoms with Crippen molar-refractivity contribution in [2.75, 3.05) is 11.4 Å². The molecule has 0 spiro atoms. The Hall–Kier alpha value is -1.92. The van der Waals surface area contributed by atoms with E-state index in [-0.39, 0.29) is 17.9 Å². The molecule has 1 aliphatic rings. The maximum atomic E-state index is 12.2. The van der Waals surface area contributed by atoms with Gasteiger partial charge in [0.2, 0.25) is 11.8 Å². The summed E-state index contributed by atoms with van der Waals surface area (Å²) in [6.07, 6.45) is 0.623. The van der Waals surface area contributed by atoms with Crippen LogP contribution in [-0.4, -0.2) is 29.4 Å². The number of aryl methyl sites for hydroxylation is 2. The minimum Gasteiger partial charge on any atom is -0.351 e. The highest BCUT2D eigenvalue weighted by atomic mass is 35.5. The van der Waals surface area contributed by atoms with Crippen LogP contribution in [0.3, 0.4) is 0 Å². The third-order valence-corrected chi connectivity index (χ3v) is 5.27. The van der Waals surface area contributed by atoms with Crippen molar-refractivity contribution in [2.24, 2.45) is 0 Å². The number of rotatable bonds is 4. The molecule has 5 nitrogen and oxygen atoms in total. The summed E-state index contributed by atoms with van der Waals surface area (Å²) in [6, 6.07) is 6.97. The topological polar surface area (TPSA) is 62.3 Å². The Bertz CT molecular complexity index is 773. The maximum Gasteiger partial charge on any atom is 0.229 e. The average molecular weight is 364 g/mol. The number of hydrogen-bond acceptors (Lipinski definition) is 4. The summed E-state index contributed by atoms with van der Waals surface area (Å²) in [5.74, 6) is -0.0649. The van der Waals surface area contributed by atoms with Crippen molar-refractivity contribution in [1.29, 1.82) is 0 Å². The van der Waals surface area contributed by atoms with Crippen molar-refractivity contribution < 1.29 is 9.59 Å². The lowest BCUT2D eigenvalue weighted by Gasteiger charge is -2.17. The van der Waals surface area contributed by atoms with Crippen molar-refractivity contribution in [2.45, 2.75) is 32.7 Å². The van der Waals surface area contributed by atoms with Gasteiger partial charge in [0, 0.05) is 28.6 Å². The first kappa shape index (κ1) is 16.9. The summed E-state index contributed by atoms with van der Waals surface area (Å²) in [4.78, 5) is 31.4. The molecule has 0 radical (unpaired) electrons. The van der Waals surface area contributed by atoms with E-state index in [1.54, 1.807) is 17.0 Å². The van der Waals surface area contributed by atoms with Gasteiger partial charge < -0.3 is 10.2 Å². The number of nitrogens with one attached hydrogen (secondary N) is 1. The number of carbonyl (C=O) groups excluding carboxylic acids is 2. The number of halogens is 1. The molecule has 1 unspecified atom stereocenters. The molecule has 1 atom stereocenters. The number of aromatic nitrogens is 1. The van der Waals surface area contributed by atoms with E-state index in [9.17, 15) is 9.59 Å². The van der Waals surface area contributed by atoms with E-state index in [1.807, 2.05) is 26.0 Å². The van der Waals surface area contributed by atoms with Crippen LogP contribution in [0.1, 0.15) is 22.0 Å². The van der Waals surface area contributed by atoms with Gasteiger partial charge in [-0.2, -0.15) is 0 Å². The minimum atomic E-state index is -0.171. The number of hydrogen-bond donors (Lipinski definition) is 1. The Morgan fingerprint density at radius 1 is 1.38 bits per heavy atom. The minimum absolute atomic E-state index is 0.00689. The number of amides is 2. The number of benzene rings is 1. The molecule has 0 bridgehead atoms. The molecule has 2 heterocycles. The molecule has 24 heavy (non-hydrogen) atoms. The van der Waals surface area contributed by atoms with Crippen molar-refractivity contribution in [3.63, 3.8) is 0 Å². The number of anilines is 1. The normalized spacial score (nSPS) is 17.4. The van der Waals surface area contributed by atoms with Gasteiger partial charge in [0.15, 0.2) is 0 Å². The number of carbonyl (C=O) groups is 2. The standard InChI is InChI=1S/C17H18ClN3O2S/c1-10-15(24-11(2)19-10)8-16(22)20-13-7-17(23)21(9-13)14-5-3-12(18)4-6-14/h3-6,13H,7-9H2,1-2H3,(H,20,22). The van der Waals surface area contributed by atoms with E-state index in [4.69, 9.17) is 11.6 Å². The van der Waals surface area contributed by atoms with Crippen LogP contribution in [-0.2, 0) is 16.0 Å². The number of nitrogens with zero attached hydrogens (tertiary/aromatic N) is 2. The molecule has 1 aromatic heterocycles. The van der Waals surface area contributed by atoms with Gasteiger partial charge in [0.25, 0.3) is 0 Å². The van der Waals surface area contributed by atoms with Crippen LogP contribution in [0.25, 0.3) is 0 Å². The zero-order chi connectivity index (χ0) is 17.3. The third-order valence-electron chi connectivity index (χ3n) is 3.95. The maximum absolute atomic E-state index is 12.2. The first-order valence-corrected chi connectivity index (χ1v) is 8.90. The summed E-state index contributed by atoms with van der Waals surface area (Å²) in [7, 11) is 0. The second-order valence-electron chi connectivity index (χ2n) is 5.87. The lowest BCUT2D eigenvalue weighted by molar-refractivity contribution is -0.121. The van der Waals surface area contributed by atoms with Gasteiger partial charge in [-0.15, -0.1) is 11.3 Å². The van der Waals surface area contributed by atoms with Crippen LogP contribution in [0.2, 0.25) is 5.02 Å². The molecule has 1 saturated heterocycles. The van der Waals surface area contributed by atoms with Gasteiger partial charge in [-0.25, -0.2) is 4.98 Å². The monoisotopic (exact) mass is 363 g/mol. The zero-order valence-corrected chi connectivity index (χ0v) is 15.1. The predicted octanol–water partition coefficient (Wildman–Crippen LogP) is 2.88. The van der Waals surface area contributed by atoms with Crippen LogP contribution in [0.4, 0.5) is 5.69 Å². The second-order valence-corrected chi connectivity index (χ2v) is 7.59. The molecule has 7 heteroatoms. The molecule has 0 aliphatic carbocycles. The van der Waals surface area contributed by atoms with Crippen LogP contribution in [0.15, 0.2) is 24.3 Å². The van der Waals surface area contributed by atoms with Crippen molar-refractivity contribution >= 4 is 40.4 Å². The lowest BCUT2D eigenvalue weighted by atomic mass is 10.2. The lowest BCUT2D eigenvalue weighted by Crippen LogP contribution is -2.38. The molecule has 2 amide bonds. The molecule has 2 aromatic rings.